The Balaban J connectivity index is 2.35. The number of amides is 1. The van der Waals surface area contributed by atoms with Crippen LogP contribution in [0.5, 0.6) is 5.75 Å². The maximum atomic E-state index is 11.3. The van der Waals surface area contributed by atoms with E-state index in [1.807, 2.05) is 0 Å². The molecule has 1 aromatic carbocycles. The van der Waals surface area contributed by atoms with Gasteiger partial charge in [-0.3, -0.25) is 5.32 Å². The summed E-state index contributed by atoms with van der Waals surface area (Å²) in [6.45, 7) is -0.710. The molecular weight excluding hydrogens is 374 g/mol. The molecule has 3 N–H and O–H groups in total. The maximum Gasteiger partial charge on any atom is 0.411 e. The molecule has 0 saturated heterocycles. The van der Waals surface area contributed by atoms with Gasteiger partial charge in [-0.2, -0.15) is 0 Å². The van der Waals surface area contributed by atoms with Gasteiger partial charge in [0.1, 0.15) is 5.02 Å². The van der Waals surface area contributed by atoms with Crippen LogP contribution < -0.4 is 10.1 Å². The molecule has 0 bridgehead atoms. The Hall–Kier alpha value is -2.78. The summed E-state index contributed by atoms with van der Waals surface area (Å²) in [4.78, 5) is 33.3. The van der Waals surface area contributed by atoms with Crippen LogP contribution in [0.3, 0.4) is 0 Å². The maximum absolute atomic E-state index is 11.3. The highest BCUT2D eigenvalue weighted by atomic mass is 35.5. The average molecular weight is 386 g/mol. The number of methoxy groups -OCH3 is 1. The summed E-state index contributed by atoms with van der Waals surface area (Å²) >= 11 is 7.04. The molecule has 0 atom stereocenters. The Labute approximate surface area is 150 Å². The van der Waals surface area contributed by atoms with Gasteiger partial charge in [-0.15, -0.1) is 11.3 Å². The summed E-state index contributed by atoms with van der Waals surface area (Å²) in [7, 11) is 1.24. The molecule has 0 aliphatic rings. The summed E-state index contributed by atoms with van der Waals surface area (Å²) in [5, 5.41) is 20.4. The van der Waals surface area contributed by atoms with Crippen molar-refractivity contribution in [1.29, 1.82) is 0 Å². The minimum Gasteiger partial charge on any atom is -0.479 e. The standard InChI is InChI=1S/C15H12ClNO7S/c1-23-15(22)17-8-4-2-7(3-5-8)12-10(16)11(24-6-9(18)19)13(25-12)14(20)21/h2-5H,6H2,1H3,(H,17,22)(H,18,19)(H,20,21). The number of nitrogens with one attached hydrogen (secondary N) is 1. The van der Waals surface area contributed by atoms with Gasteiger partial charge >= 0.3 is 18.0 Å². The van der Waals surface area contributed by atoms with Crippen molar-refractivity contribution in [3.63, 3.8) is 0 Å². The first-order valence-corrected chi connectivity index (χ1v) is 7.88. The molecule has 0 saturated carbocycles. The van der Waals surface area contributed by atoms with Gasteiger partial charge in [0.25, 0.3) is 0 Å². The second kappa shape index (κ2) is 7.86. The van der Waals surface area contributed by atoms with Crippen molar-refractivity contribution in [3.8, 4) is 16.2 Å². The highest BCUT2D eigenvalue weighted by molar-refractivity contribution is 7.18. The van der Waals surface area contributed by atoms with Crippen molar-refractivity contribution < 1.29 is 34.1 Å². The number of halogens is 1. The number of carbonyl (C=O) groups is 3. The number of carboxylic acids is 2. The predicted molar refractivity (Wildman–Crippen MR) is 90.9 cm³/mol. The number of carbonyl (C=O) groups excluding carboxylic acids is 1. The SMILES string of the molecule is COC(=O)Nc1ccc(-c2sc(C(=O)O)c(OCC(=O)O)c2Cl)cc1. The molecule has 1 heterocycles. The number of hydrogen-bond donors (Lipinski definition) is 3. The van der Waals surface area contributed by atoms with Gasteiger partial charge < -0.3 is 19.7 Å². The lowest BCUT2D eigenvalue weighted by Crippen LogP contribution is -2.11. The Morgan fingerprint density at radius 1 is 1.20 bits per heavy atom. The van der Waals surface area contributed by atoms with Crippen molar-refractivity contribution >= 4 is 46.7 Å². The molecule has 10 heteroatoms. The Morgan fingerprint density at radius 3 is 2.36 bits per heavy atom. The van der Waals surface area contributed by atoms with Crippen LogP contribution in [0.4, 0.5) is 10.5 Å². The Kier molecular flexibility index (Phi) is 5.84. The molecule has 1 aromatic heterocycles. The lowest BCUT2D eigenvalue weighted by molar-refractivity contribution is -0.139. The van der Waals surface area contributed by atoms with Crippen LogP contribution in [-0.4, -0.2) is 42.0 Å². The number of thiophene rings is 1. The van der Waals surface area contributed by atoms with Crippen molar-refractivity contribution in [2.24, 2.45) is 0 Å². The monoisotopic (exact) mass is 385 g/mol. The summed E-state index contributed by atoms with van der Waals surface area (Å²) in [6.07, 6.45) is -0.626. The van der Waals surface area contributed by atoms with E-state index in [4.69, 9.17) is 21.4 Å². The molecule has 0 aliphatic heterocycles. The van der Waals surface area contributed by atoms with Crippen LogP contribution >= 0.6 is 22.9 Å². The third-order valence-electron chi connectivity index (χ3n) is 2.92. The quantitative estimate of drug-likeness (QED) is 0.696. The largest absolute Gasteiger partial charge is 0.479 e. The summed E-state index contributed by atoms with van der Waals surface area (Å²) in [5.74, 6) is -2.71. The fraction of sp³-hybridized carbons (Fsp3) is 0.133. The highest BCUT2D eigenvalue weighted by Gasteiger charge is 2.24. The van der Waals surface area contributed by atoms with Crippen LogP contribution in [0.1, 0.15) is 9.67 Å². The molecule has 132 valence electrons. The van der Waals surface area contributed by atoms with E-state index in [2.05, 4.69) is 10.1 Å². The topological polar surface area (TPSA) is 122 Å². The van der Waals surface area contributed by atoms with E-state index in [1.165, 1.54) is 7.11 Å². The molecule has 0 unspecified atom stereocenters. The molecule has 8 nitrogen and oxygen atoms in total. The smallest absolute Gasteiger partial charge is 0.411 e. The normalized spacial score (nSPS) is 10.2. The lowest BCUT2D eigenvalue weighted by Gasteiger charge is -2.05. The second-order valence-electron chi connectivity index (χ2n) is 4.58. The minimum atomic E-state index is -1.28. The van der Waals surface area contributed by atoms with Crippen molar-refractivity contribution in [3.05, 3.63) is 34.2 Å². The average Bonchev–Trinajstić information content (AvgIpc) is 2.90. The first-order chi connectivity index (χ1) is 11.8. The molecule has 0 aliphatic carbocycles. The molecule has 25 heavy (non-hydrogen) atoms. The second-order valence-corrected chi connectivity index (χ2v) is 5.98. The molecule has 0 radical (unpaired) electrons. The molecule has 2 aromatic rings. The zero-order valence-corrected chi connectivity index (χ0v) is 14.3. The first kappa shape index (κ1) is 18.6. The van der Waals surface area contributed by atoms with E-state index in [0.29, 0.717) is 16.1 Å². The predicted octanol–water partition coefficient (Wildman–Crippen LogP) is 3.41. The summed E-state index contributed by atoms with van der Waals surface area (Å²) in [5.41, 5.74) is 1.06. The number of rotatable bonds is 6. The van der Waals surface area contributed by atoms with Gasteiger partial charge in [0.05, 0.1) is 12.0 Å². The van der Waals surface area contributed by atoms with Gasteiger partial charge in [0.2, 0.25) is 0 Å². The van der Waals surface area contributed by atoms with Crippen LogP contribution in [-0.2, 0) is 9.53 Å². The molecule has 0 spiro atoms. The summed E-state index contributed by atoms with van der Waals surface area (Å²) in [6, 6.07) is 6.41. The van der Waals surface area contributed by atoms with Crippen LogP contribution in [0.25, 0.3) is 10.4 Å². The molecule has 0 fully saturated rings. The Morgan fingerprint density at radius 2 is 1.84 bits per heavy atom. The fourth-order valence-corrected chi connectivity index (χ4v) is 3.27. The van der Waals surface area contributed by atoms with E-state index in [9.17, 15) is 19.5 Å². The van der Waals surface area contributed by atoms with Crippen molar-refractivity contribution in [2.45, 2.75) is 0 Å². The van der Waals surface area contributed by atoms with E-state index < -0.39 is 24.6 Å². The number of aliphatic carboxylic acids is 1. The zero-order chi connectivity index (χ0) is 18.6. The van der Waals surface area contributed by atoms with Gasteiger partial charge in [-0.1, -0.05) is 23.7 Å². The van der Waals surface area contributed by atoms with E-state index in [0.717, 1.165) is 11.3 Å². The molecule has 1 amide bonds. The van der Waals surface area contributed by atoms with Gasteiger partial charge in [-0.25, -0.2) is 14.4 Å². The van der Waals surface area contributed by atoms with E-state index in [1.54, 1.807) is 24.3 Å². The summed E-state index contributed by atoms with van der Waals surface area (Å²) < 4.78 is 9.49. The van der Waals surface area contributed by atoms with Gasteiger partial charge in [0.15, 0.2) is 17.2 Å². The van der Waals surface area contributed by atoms with Crippen LogP contribution in [0, 0.1) is 0 Å². The van der Waals surface area contributed by atoms with Crippen molar-refractivity contribution in [1.82, 2.24) is 0 Å². The third-order valence-corrected chi connectivity index (χ3v) is 4.60. The van der Waals surface area contributed by atoms with E-state index in [-0.39, 0.29) is 15.6 Å². The number of aromatic carboxylic acids is 1. The first-order valence-electron chi connectivity index (χ1n) is 6.69. The number of ether oxygens (including phenoxy) is 2. The highest BCUT2D eigenvalue weighted by Crippen LogP contribution is 2.45. The van der Waals surface area contributed by atoms with E-state index >= 15 is 0 Å². The van der Waals surface area contributed by atoms with Crippen LogP contribution in [0.2, 0.25) is 5.02 Å². The van der Waals surface area contributed by atoms with Crippen LogP contribution in [0.15, 0.2) is 24.3 Å². The van der Waals surface area contributed by atoms with Gasteiger partial charge in [-0.05, 0) is 17.7 Å². The molecule has 2 rings (SSSR count). The number of anilines is 1. The Bertz CT molecular complexity index is 816. The minimum absolute atomic E-state index is 0.0114. The van der Waals surface area contributed by atoms with Crippen molar-refractivity contribution in [2.75, 3.05) is 19.0 Å². The number of carboxylic acid groups (broad SMARTS) is 2. The van der Waals surface area contributed by atoms with Gasteiger partial charge in [0, 0.05) is 5.69 Å². The zero-order valence-electron chi connectivity index (χ0n) is 12.7. The lowest BCUT2D eigenvalue weighted by atomic mass is 10.1. The number of benzene rings is 1. The third kappa shape index (κ3) is 4.40. The fourth-order valence-electron chi connectivity index (χ4n) is 1.86. The number of hydrogen-bond acceptors (Lipinski definition) is 6. The molecular formula is C15H12ClNO7S.